The maximum atomic E-state index is 13.5. The van der Waals surface area contributed by atoms with E-state index in [0.717, 1.165) is 21.3 Å². The molecule has 31 heavy (non-hydrogen) atoms. The molecule has 0 aliphatic carbocycles. The molecular weight excluding hydrogens is 461 g/mol. The molecule has 154 valence electrons. The standard InChI is InChI=1S/C24H17BrFN3O2/c25-17-9-5-15(6-10-17)20-13-22(16-7-11-18(26)12-8-16)29(27-20)14-28-21-4-2-1-3-19(21)23(30)24(28)31/h1-12,22H,13-14H2. The fourth-order valence-electron chi connectivity index (χ4n) is 4.01. The molecule has 1 unspecified atom stereocenters. The molecule has 0 spiro atoms. The lowest BCUT2D eigenvalue weighted by Gasteiger charge is -2.28. The minimum Gasteiger partial charge on any atom is -0.285 e. The average molecular weight is 478 g/mol. The Morgan fingerprint density at radius 1 is 0.968 bits per heavy atom. The molecule has 0 saturated heterocycles. The summed E-state index contributed by atoms with van der Waals surface area (Å²) in [6.07, 6.45) is 0.602. The minimum absolute atomic E-state index is 0.129. The quantitative estimate of drug-likeness (QED) is 0.500. The second-order valence-corrected chi connectivity index (χ2v) is 8.40. The highest BCUT2D eigenvalue weighted by Crippen LogP contribution is 2.36. The summed E-state index contributed by atoms with van der Waals surface area (Å²) in [6.45, 7) is 0.129. The first-order chi connectivity index (χ1) is 15.0. The number of amides is 1. The maximum absolute atomic E-state index is 13.5. The van der Waals surface area contributed by atoms with Crippen molar-refractivity contribution in [1.29, 1.82) is 0 Å². The molecular formula is C24H17BrFN3O2. The van der Waals surface area contributed by atoms with Crippen molar-refractivity contribution in [2.24, 2.45) is 5.10 Å². The van der Waals surface area contributed by atoms with Crippen LogP contribution in [0.3, 0.4) is 0 Å². The van der Waals surface area contributed by atoms with Gasteiger partial charge in [-0.2, -0.15) is 5.10 Å². The van der Waals surface area contributed by atoms with Gasteiger partial charge in [0, 0.05) is 10.9 Å². The Bertz CT molecular complexity index is 1210. The van der Waals surface area contributed by atoms with E-state index in [4.69, 9.17) is 5.10 Å². The molecule has 3 aromatic rings. The van der Waals surface area contributed by atoms with Gasteiger partial charge in [-0.05, 0) is 47.5 Å². The lowest BCUT2D eigenvalue weighted by Crippen LogP contribution is -2.39. The molecule has 0 bridgehead atoms. The van der Waals surface area contributed by atoms with Crippen LogP contribution in [0.15, 0.2) is 82.4 Å². The number of para-hydroxylation sites is 1. The molecule has 5 rings (SSSR count). The van der Waals surface area contributed by atoms with Crippen LogP contribution in [0, 0.1) is 5.82 Å². The molecule has 1 atom stereocenters. The number of halogens is 2. The number of fused-ring (bicyclic) bond motifs is 1. The van der Waals surface area contributed by atoms with Crippen LogP contribution in [0.25, 0.3) is 0 Å². The van der Waals surface area contributed by atoms with Gasteiger partial charge in [-0.15, -0.1) is 0 Å². The van der Waals surface area contributed by atoms with Crippen LogP contribution < -0.4 is 4.90 Å². The molecule has 3 aromatic carbocycles. The van der Waals surface area contributed by atoms with E-state index in [1.54, 1.807) is 41.4 Å². The van der Waals surface area contributed by atoms with Crippen molar-refractivity contribution >= 4 is 39.0 Å². The Balaban J connectivity index is 1.51. The highest BCUT2D eigenvalue weighted by Gasteiger charge is 2.39. The molecule has 0 N–H and O–H groups in total. The van der Waals surface area contributed by atoms with Crippen molar-refractivity contribution in [3.63, 3.8) is 0 Å². The number of carbonyl (C=O) groups is 2. The first-order valence-electron chi connectivity index (χ1n) is 9.82. The summed E-state index contributed by atoms with van der Waals surface area (Å²) >= 11 is 3.45. The van der Waals surface area contributed by atoms with E-state index in [1.807, 2.05) is 24.3 Å². The van der Waals surface area contributed by atoms with E-state index < -0.39 is 11.7 Å². The predicted molar refractivity (Wildman–Crippen MR) is 119 cm³/mol. The van der Waals surface area contributed by atoms with Gasteiger partial charge in [-0.3, -0.25) is 19.5 Å². The monoisotopic (exact) mass is 477 g/mol. The molecule has 1 amide bonds. The topological polar surface area (TPSA) is 53.0 Å². The Morgan fingerprint density at radius 3 is 2.42 bits per heavy atom. The lowest BCUT2D eigenvalue weighted by molar-refractivity contribution is -0.114. The van der Waals surface area contributed by atoms with Crippen LogP contribution in [-0.2, 0) is 4.79 Å². The molecule has 7 heteroatoms. The molecule has 0 fully saturated rings. The zero-order chi connectivity index (χ0) is 21.5. The minimum atomic E-state index is -0.564. The van der Waals surface area contributed by atoms with Gasteiger partial charge >= 0.3 is 5.91 Å². The highest BCUT2D eigenvalue weighted by atomic mass is 79.9. The molecule has 0 saturated carbocycles. The van der Waals surface area contributed by atoms with Crippen molar-refractivity contribution in [2.45, 2.75) is 12.5 Å². The van der Waals surface area contributed by atoms with E-state index in [-0.39, 0.29) is 18.5 Å². The van der Waals surface area contributed by atoms with E-state index in [9.17, 15) is 14.0 Å². The van der Waals surface area contributed by atoms with Gasteiger partial charge in [0.05, 0.1) is 23.0 Å². The summed E-state index contributed by atoms with van der Waals surface area (Å²) < 4.78 is 14.5. The van der Waals surface area contributed by atoms with Crippen molar-refractivity contribution in [3.8, 4) is 0 Å². The number of carbonyl (C=O) groups excluding carboxylic acids is 2. The van der Waals surface area contributed by atoms with Gasteiger partial charge in [0.1, 0.15) is 12.5 Å². The number of hydrogen-bond donors (Lipinski definition) is 0. The number of hydrogen-bond acceptors (Lipinski definition) is 4. The fourth-order valence-corrected chi connectivity index (χ4v) is 4.27. The number of rotatable bonds is 4. The second kappa shape index (κ2) is 7.74. The number of ketones is 1. The third-order valence-corrected chi connectivity index (χ3v) is 6.12. The van der Waals surface area contributed by atoms with Crippen LogP contribution >= 0.6 is 15.9 Å². The van der Waals surface area contributed by atoms with Crippen LogP contribution in [-0.4, -0.2) is 29.1 Å². The first-order valence-corrected chi connectivity index (χ1v) is 10.6. The maximum Gasteiger partial charge on any atom is 0.301 e. The van der Waals surface area contributed by atoms with E-state index in [1.165, 1.54) is 17.0 Å². The van der Waals surface area contributed by atoms with Gasteiger partial charge in [0.25, 0.3) is 5.78 Å². The number of Topliss-reactive ketones (excluding diaryl/α,β-unsaturated/α-hetero) is 1. The summed E-state index contributed by atoms with van der Waals surface area (Å²) in [4.78, 5) is 26.5. The summed E-state index contributed by atoms with van der Waals surface area (Å²) in [5.41, 5.74) is 3.73. The van der Waals surface area contributed by atoms with E-state index >= 15 is 0 Å². The van der Waals surface area contributed by atoms with Crippen molar-refractivity contribution in [3.05, 3.63) is 99.8 Å². The average Bonchev–Trinajstić information content (AvgIpc) is 3.30. The molecule has 0 radical (unpaired) electrons. The molecule has 2 heterocycles. The van der Waals surface area contributed by atoms with Crippen LogP contribution in [0.2, 0.25) is 0 Å². The fraction of sp³-hybridized carbons (Fsp3) is 0.125. The highest BCUT2D eigenvalue weighted by molar-refractivity contribution is 9.10. The summed E-state index contributed by atoms with van der Waals surface area (Å²) in [6, 6.07) is 21.0. The molecule has 2 aliphatic heterocycles. The summed E-state index contributed by atoms with van der Waals surface area (Å²) in [5.74, 6) is -1.38. The third-order valence-electron chi connectivity index (χ3n) is 5.59. The summed E-state index contributed by atoms with van der Waals surface area (Å²) in [7, 11) is 0. The van der Waals surface area contributed by atoms with Gasteiger partial charge in [-0.1, -0.05) is 52.3 Å². The van der Waals surface area contributed by atoms with Crippen molar-refractivity contribution in [1.82, 2.24) is 5.01 Å². The zero-order valence-electron chi connectivity index (χ0n) is 16.3. The number of nitrogens with zero attached hydrogens (tertiary/aromatic N) is 3. The Labute approximate surface area is 186 Å². The second-order valence-electron chi connectivity index (χ2n) is 7.49. The van der Waals surface area contributed by atoms with Crippen LogP contribution in [0.1, 0.15) is 33.9 Å². The number of hydrazone groups is 1. The van der Waals surface area contributed by atoms with Gasteiger partial charge < -0.3 is 0 Å². The Kier molecular flexibility index (Phi) is 4.90. The molecule has 0 aromatic heterocycles. The van der Waals surface area contributed by atoms with Gasteiger partial charge in [-0.25, -0.2) is 4.39 Å². The largest absolute Gasteiger partial charge is 0.301 e. The number of anilines is 1. The Morgan fingerprint density at radius 2 is 1.68 bits per heavy atom. The van der Waals surface area contributed by atoms with Crippen LogP contribution in [0.4, 0.5) is 10.1 Å². The van der Waals surface area contributed by atoms with E-state index in [0.29, 0.717) is 17.7 Å². The van der Waals surface area contributed by atoms with E-state index in [2.05, 4.69) is 15.9 Å². The van der Waals surface area contributed by atoms with Gasteiger partial charge in [0.15, 0.2) is 0 Å². The molecule has 5 nitrogen and oxygen atoms in total. The Hall–Kier alpha value is -3.32. The number of benzene rings is 3. The third kappa shape index (κ3) is 3.55. The smallest absolute Gasteiger partial charge is 0.285 e. The SMILES string of the molecule is O=C1C(=O)N(CN2N=C(c3ccc(Br)cc3)CC2c2ccc(F)cc2)c2ccccc21. The van der Waals surface area contributed by atoms with Crippen LogP contribution in [0.5, 0.6) is 0 Å². The lowest BCUT2D eigenvalue weighted by atomic mass is 9.98. The summed E-state index contributed by atoms with van der Waals surface area (Å²) in [5, 5.41) is 6.60. The first kappa shape index (κ1) is 19.6. The van der Waals surface area contributed by atoms with Crippen molar-refractivity contribution < 1.29 is 14.0 Å². The molecule has 2 aliphatic rings. The zero-order valence-corrected chi connectivity index (χ0v) is 17.9. The van der Waals surface area contributed by atoms with Gasteiger partial charge in [0.2, 0.25) is 0 Å². The predicted octanol–water partition coefficient (Wildman–Crippen LogP) is 4.93. The normalized spacial score (nSPS) is 17.9. The van der Waals surface area contributed by atoms with Crippen molar-refractivity contribution in [2.75, 3.05) is 11.6 Å².